The van der Waals surface area contributed by atoms with Crippen LogP contribution in [0.1, 0.15) is 5.69 Å². The Labute approximate surface area is 116 Å². The standard InChI is InChI=1S/C15H13N3O2/c1-20-13-7-3-2-5-11(13)17-9-10-14-12(18-15(10)19)6-4-8-16-14/h2-9,17H,1H3,(H,18,19)/b10-9+. The van der Waals surface area contributed by atoms with Gasteiger partial charge in [0.2, 0.25) is 0 Å². The predicted molar refractivity (Wildman–Crippen MR) is 77.5 cm³/mol. The van der Waals surface area contributed by atoms with Crippen molar-refractivity contribution in [3.8, 4) is 5.75 Å². The fourth-order valence-corrected chi connectivity index (χ4v) is 2.07. The van der Waals surface area contributed by atoms with Crippen LogP contribution in [-0.2, 0) is 4.79 Å². The molecule has 3 rings (SSSR count). The van der Waals surface area contributed by atoms with Crippen LogP contribution >= 0.6 is 0 Å². The van der Waals surface area contributed by atoms with Gasteiger partial charge in [0.05, 0.1) is 24.1 Å². The Morgan fingerprint density at radius 1 is 1.25 bits per heavy atom. The molecule has 5 heteroatoms. The van der Waals surface area contributed by atoms with E-state index in [1.165, 1.54) is 0 Å². The van der Waals surface area contributed by atoms with Crippen LogP contribution in [0.4, 0.5) is 11.4 Å². The molecule has 100 valence electrons. The number of anilines is 2. The Balaban J connectivity index is 1.92. The van der Waals surface area contributed by atoms with E-state index in [-0.39, 0.29) is 5.91 Å². The zero-order valence-corrected chi connectivity index (χ0v) is 10.9. The number of hydrogen-bond donors (Lipinski definition) is 2. The molecular formula is C15H13N3O2. The number of hydrogen-bond acceptors (Lipinski definition) is 4. The lowest BCUT2D eigenvalue weighted by Gasteiger charge is -2.07. The molecule has 0 aliphatic carbocycles. The highest BCUT2D eigenvalue weighted by atomic mass is 16.5. The van der Waals surface area contributed by atoms with Crippen LogP contribution in [0.3, 0.4) is 0 Å². The first-order chi connectivity index (χ1) is 9.79. The molecule has 0 bridgehead atoms. The maximum Gasteiger partial charge on any atom is 0.259 e. The average Bonchev–Trinajstić information content (AvgIpc) is 2.81. The van der Waals surface area contributed by atoms with Crippen molar-refractivity contribution < 1.29 is 9.53 Å². The molecule has 1 aliphatic rings. The maximum absolute atomic E-state index is 11.9. The number of rotatable bonds is 3. The minimum Gasteiger partial charge on any atom is -0.495 e. The molecule has 2 N–H and O–H groups in total. The Kier molecular flexibility index (Phi) is 3.09. The SMILES string of the molecule is COc1ccccc1N/C=C1/C(=O)Nc2cccnc21. The number of benzene rings is 1. The molecule has 20 heavy (non-hydrogen) atoms. The molecular weight excluding hydrogens is 254 g/mol. The van der Waals surface area contributed by atoms with Crippen molar-refractivity contribution >= 4 is 22.9 Å². The highest BCUT2D eigenvalue weighted by Crippen LogP contribution is 2.30. The van der Waals surface area contributed by atoms with Crippen molar-refractivity contribution in [1.29, 1.82) is 0 Å². The number of carbonyl (C=O) groups is 1. The van der Waals surface area contributed by atoms with Gasteiger partial charge in [-0.1, -0.05) is 12.1 Å². The van der Waals surface area contributed by atoms with Crippen molar-refractivity contribution in [2.75, 3.05) is 17.7 Å². The Hall–Kier alpha value is -2.82. The number of amides is 1. The van der Waals surface area contributed by atoms with Crippen molar-refractivity contribution in [2.45, 2.75) is 0 Å². The summed E-state index contributed by atoms with van der Waals surface area (Å²) in [4.78, 5) is 16.1. The number of fused-ring (bicyclic) bond motifs is 1. The van der Waals surface area contributed by atoms with Crippen LogP contribution in [0.2, 0.25) is 0 Å². The quantitative estimate of drug-likeness (QED) is 0.839. The molecule has 1 aliphatic heterocycles. The average molecular weight is 267 g/mol. The van der Waals surface area contributed by atoms with E-state index in [0.717, 1.165) is 11.4 Å². The lowest BCUT2D eigenvalue weighted by Crippen LogP contribution is -2.05. The van der Waals surface area contributed by atoms with E-state index in [9.17, 15) is 4.79 Å². The minimum atomic E-state index is -0.166. The fraction of sp³-hybridized carbons (Fsp3) is 0.0667. The highest BCUT2D eigenvalue weighted by Gasteiger charge is 2.24. The number of carbonyl (C=O) groups excluding carboxylic acids is 1. The van der Waals surface area contributed by atoms with Crippen LogP contribution < -0.4 is 15.4 Å². The zero-order valence-electron chi connectivity index (χ0n) is 10.9. The highest BCUT2D eigenvalue weighted by molar-refractivity contribution is 6.31. The van der Waals surface area contributed by atoms with Crippen LogP contribution in [0, 0.1) is 0 Å². The van der Waals surface area contributed by atoms with Crippen LogP contribution in [-0.4, -0.2) is 18.0 Å². The topological polar surface area (TPSA) is 63.2 Å². The summed E-state index contributed by atoms with van der Waals surface area (Å²) < 4.78 is 5.25. The van der Waals surface area contributed by atoms with Crippen molar-refractivity contribution in [2.24, 2.45) is 0 Å². The van der Waals surface area contributed by atoms with E-state index in [4.69, 9.17) is 4.74 Å². The summed E-state index contributed by atoms with van der Waals surface area (Å²) in [5.41, 5.74) is 2.68. The van der Waals surface area contributed by atoms with E-state index in [1.807, 2.05) is 30.3 Å². The summed E-state index contributed by atoms with van der Waals surface area (Å²) in [6.45, 7) is 0. The second-order valence-corrected chi connectivity index (χ2v) is 4.26. The smallest absolute Gasteiger partial charge is 0.259 e. The first-order valence-electron chi connectivity index (χ1n) is 6.16. The molecule has 0 spiro atoms. The Morgan fingerprint density at radius 2 is 2.10 bits per heavy atom. The predicted octanol–water partition coefficient (Wildman–Crippen LogP) is 2.50. The van der Waals surface area contributed by atoms with Gasteiger partial charge in [-0.05, 0) is 24.3 Å². The second kappa shape index (κ2) is 5.05. The molecule has 0 unspecified atom stereocenters. The third-order valence-electron chi connectivity index (χ3n) is 3.03. The number of nitrogens with one attached hydrogen (secondary N) is 2. The summed E-state index contributed by atoms with van der Waals surface area (Å²) in [6, 6.07) is 11.1. The molecule has 1 amide bonds. The van der Waals surface area contributed by atoms with Gasteiger partial charge in [-0.2, -0.15) is 0 Å². The molecule has 1 aromatic carbocycles. The number of methoxy groups -OCH3 is 1. The van der Waals surface area contributed by atoms with Crippen molar-refractivity contribution in [3.05, 3.63) is 54.5 Å². The van der Waals surface area contributed by atoms with Gasteiger partial charge in [0.25, 0.3) is 5.91 Å². The van der Waals surface area contributed by atoms with E-state index in [2.05, 4.69) is 15.6 Å². The van der Waals surface area contributed by atoms with Gasteiger partial charge in [0, 0.05) is 12.4 Å². The molecule has 1 aromatic heterocycles. The van der Waals surface area contributed by atoms with Crippen LogP contribution in [0.5, 0.6) is 5.75 Å². The Morgan fingerprint density at radius 3 is 2.95 bits per heavy atom. The van der Waals surface area contributed by atoms with Crippen LogP contribution in [0.15, 0.2) is 48.8 Å². The number of pyridine rings is 1. The van der Waals surface area contributed by atoms with Gasteiger partial charge in [-0.3, -0.25) is 9.78 Å². The summed E-state index contributed by atoms with van der Waals surface area (Å²) in [5.74, 6) is 0.546. The third-order valence-corrected chi connectivity index (χ3v) is 3.03. The molecule has 0 saturated carbocycles. The van der Waals surface area contributed by atoms with E-state index in [1.54, 1.807) is 25.6 Å². The normalized spacial score (nSPS) is 14.8. The summed E-state index contributed by atoms with van der Waals surface area (Å²) in [6.07, 6.45) is 3.31. The van der Waals surface area contributed by atoms with Gasteiger partial charge >= 0.3 is 0 Å². The first-order valence-corrected chi connectivity index (χ1v) is 6.16. The summed E-state index contributed by atoms with van der Waals surface area (Å²) in [5, 5.41) is 5.86. The van der Waals surface area contributed by atoms with E-state index < -0.39 is 0 Å². The number of aromatic nitrogens is 1. The molecule has 2 aromatic rings. The lowest BCUT2D eigenvalue weighted by atomic mass is 10.2. The summed E-state index contributed by atoms with van der Waals surface area (Å²) in [7, 11) is 1.60. The Bertz CT molecular complexity index is 695. The van der Waals surface area contributed by atoms with Gasteiger partial charge in [-0.25, -0.2) is 0 Å². The first kappa shape index (κ1) is 12.2. The van der Waals surface area contributed by atoms with Gasteiger partial charge in [0.1, 0.15) is 11.4 Å². The van der Waals surface area contributed by atoms with E-state index in [0.29, 0.717) is 17.0 Å². The molecule has 0 atom stereocenters. The summed E-state index contributed by atoms with van der Waals surface area (Å²) >= 11 is 0. The number of nitrogens with zero attached hydrogens (tertiary/aromatic N) is 1. The van der Waals surface area contributed by atoms with Crippen molar-refractivity contribution in [1.82, 2.24) is 4.98 Å². The second-order valence-electron chi connectivity index (χ2n) is 4.26. The third kappa shape index (κ3) is 2.09. The van der Waals surface area contributed by atoms with Crippen molar-refractivity contribution in [3.63, 3.8) is 0 Å². The molecule has 0 radical (unpaired) electrons. The lowest BCUT2D eigenvalue weighted by molar-refractivity contribution is -0.110. The largest absolute Gasteiger partial charge is 0.495 e. The maximum atomic E-state index is 11.9. The van der Waals surface area contributed by atoms with Gasteiger partial charge in [-0.15, -0.1) is 0 Å². The van der Waals surface area contributed by atoms with Gasteiger partial charge in [0.15, 0.2) is 0 Å². The van der Waals surface area contributed by atoms with Gasteiger partial charge < -0.3 is 15.4 Å². The minimum absolute atomic E-state index is 0.166. The molecule has 5 nitrogen and oxygen atoms in total. The number of para-hydroxylation sites is 2. The van der Waals surface area contributed by atoms with E-state index >= 15 is 0 Å². The monoisotopic (exact) mass is 267 g/mol. The zero-order chi connectivity index (χ0) is 13.9. The van der Waals surface area contributed by atoms with Crippen LogP contribution in [0.25, 0.3) is 5.57 Å². The molecule has 2 heterocycles. The molecule has 0 saturated heterocycles. The fourth-order valence-electron chi connectivity index (χ4n) is 2.07. The molecule has 0 fully saturated rings. The number of ether oxygens (including phenoxy) is 1.